The van der Waals surface area contributed by atoms with Gasteiger partial charge in [0.1, 0.15) is 0 Å². The second-order valence-electron chi connectivity index (χ2n) is 2.02. The largest absolute Gasteiger partial charge is 0.294 e. The Kier molecular flexibility index (Phi) is 2.84. The molecule has 0 amide bonds. The summed E-state index contributed by atoms with van der Waals surface area (Å²) in [5.74, 6) is -0.190. The highest BCUT2D eigenvalue weighted by atomic mass is 79.9. The van der Waals surface area contributed by atoms with Crippen LogP contribution in [-0.4, -0.2) is 5.78 Å². The third-order valence-corrected chi connectivity index (χ3v) is 2.56. The van der Waals surface area contributed by atoms with Crippen molar-refractivity contribution in [1.29, 1.82) is 0 Å². The summed E-state index contributed by atoms with van der Waals surface area (Å²) in [6, 6.07) is 5.47. The summed E-state index contributed by atoms with van der Waals surface area (Å²) in [5.41, 5.74) is 0.590. The van der Waals surface area contributed by atoms with Gasteiger partial charge >= 0.3 is 0 Å². The Bertz CT molecular complexity index is 274. The van der Waals surface area contributed by atoms with E-state index in [1.54, 1.807) is 0 Å². The van der Waals surface area contributed by atoms with E-state index in [0.29, 0.717) is 5.56 Å². The molecular formula is C8H5Br2O. The molecule has 0 aromatic heterocycles. The van der Waals surface area contributed by atoms with Crippen LogP contribution in [0.4, 0.5) is 0 Å². The molecular weight excluding hydrogens is 272 g/mol. The minimum Gasteiger partial charge on any atom is -0.294 e. The third-order valence-electron chi connectivity index (χ3n) is 1.24. The molecule has 1 rings (SSSR count). The third kappa shape index (κ3) is 1.91. The van der Waals surface area contributed by atoms with Gasteiger partial charge in [-0.05, 0) is 12.1 Å². The van der Waals surface area contributed by atoms with Crippen LogP contribution >= 0.6 is 31.9 Å². The summed E-state index contributed by atoms with van der Waals surface area (Å²) >= 11 is 6.51. The second kappa shape index (κ2) is 3.50. The molecule has 11 heavy (non-hydrogen) atoms. The number of benzene rings is 1. The molecule has 0 aliphatic heterocycles. The van der Waals surface area contributed by atoms with E-state index in [-0.39, 0.29) is 5.78 Å². The van der Waals surface area contributed by atoms with Crippen LogP contribution in [0.1, 0.15) is 10.4 Å². The SMILES string of the molecule is [CH2]C(=O)c1c(Br)cccc1Br. The van der Waals surface area contributed by atoms with Crippen LogP contribution < -0.4 is 0 Å². The van der Waals surface area contributed by atoms with Crippen LogP contribution in [0, 0.1) is 6.92 Å². The van der Waals surface area contributed by atoms with Gasteiger partial charge in [-0.2, -0.15) is 0 Å². The smallest absolute Gasteiger partial charge is 0.165 e. The van der Waals surface area contributed by atoms with Crippen molar-refractivity contribution >= 4 is 37.6 Å². The van der Waals surface area contributed by atoms with E-state index < -0.39 is 0 Å². The van der Waals surface area contributed by atoms with Crippen molar-refractivity contribution in [2.24, 2.45) is 0 Å². The number of rotatable bonds is 1. The van der Waals surface area contributed by atoms with Crippen LogP contribution in [0.25, 0.3) is 0 Å². The van der Waals surface area contributed by atoms with Crippen molar-refractivity contribution in [2.45, 2.75) is 0 Å². The predicted molar refractivity (Wildman–Crippen MR) is 51.5 cm³/mol. The molecule has 57 valence electrons. The first-order chi connectivity index (χ1) is 5.13. The van der Waals surface area contributed by atoms with E-state index in [1.807, 2.05) is 18.2 Å². The molecule has 1 aromatic rings. The molecule has 0 unspecified atom stereocenters. The fourth-order valence-electron chi connectivity index (χ4n) is 0.764. The number of hydrogen-bond acceptors (Lipinski definition) is 1. The maximum atomic E-state index is 10.9. The van der Waals surface area contributed by atoms with Crippen LogP contribution in [0.5, 0.6) is 0 Å². The molecule has 1 radical (unpaired) electrons. The second-order valence-corrected chi connectivity index (χ2v) is 3.73. The predicted octanol–water partition coefficient (Wildman–Crippen LogP) is 3.23. The topological polar surface area (TPSA) is 17.1 Å². The van der Waals surface area contributed by atoms with E-state index >= 15 is 0 Å². The van der Waals surface area contributed by atoms with Gasteiger partial charge in [0.2, 0.25) is 0 Å². The first kappa shape index (κ1) is 8.94. The molecule has 0 saturated carbocycles. The molecule has 3 heteroatoms. The Morgan fingerprint density at radius 2 is 1.73 bits per heavy atom. The van der Waals surface area contributed by atoms with Crippen molar-refractivity contribution in [3.8, 4) is 0 Å². The summed E-state index contributed by atoms with van der Waals surface area (Å²) in [6.45, 7) is 3.33. The summed E-state index contributed by atoms with van der Waals surface area (Å²) in [4.78, 5) is 10.9. The first-order valence-electron chi connectivity index (χ1n) is 2.93. The lowest BCUT2D eigenvalue weighted by Crippen LogP contribution is -1.94. The van der Waals surface area contributed by atoms with Crippen LogP contribution in [0.3, 0.4) is 0 Å². The Hall–Kier alpha value is -0.150. The van der Waals surface area contributed by atoms with Gasteiger partial charge in [-0.25, -0.2) is 0 Å². The number of carbonyl (C=O) groups excluding carboxylic acids is 1. The molecule has 0 heterocycles. The normalized spacial score (nSPS) is 9.73. The van der Waals surface area contributed by atoms with Gasteiger partial charge in [0.25, 0.3) is 0 Å². The Balaban J connectivity index is 3.32. The van der Waals surface area contributed by atoms with Gasteiger partial charge in [0, 0.05) is 21.4 Å². The van der Waals surface area contributed by atoms with Gasteiger partial charge in [0.05, 0.1) is 0 Å². The van der Waals surface area contributed by atoms with Gasteiger partial charge in [-0.3, -0.25) is 4.79 Å². The average Bonchev–Trinajstić information content (AvgIpc) is 1.85. The number of ketones is 1. The van der Waals surface area contributed by atoms with E-state index in [9.17, 15) is 4.79 Å². The molecule has 0 aliphatic rings. The fourth-order valence-corrected chi connectivity index (χ4v) is 2.20. The van der Waals surface area contributed by atoms with E-state index in [1.165, 1.54) is 0 Å². The highest BCUT2D eigenvalue weighted by Crippen LogP contribution is 2.24. The standard InChI is InChI=1S/C8H5Br2O/c1-5(11)8-6(9)3-2-4-7(8)10/h2-4H,1H2. The van der Waals surface area contributed by atoms with Crippen LogP contribution in [-0.2, 0) is 0 Å². The van der Waals surface area contributed by atoms with Crippen LogP contribution in [0.15, 0.2) is 27.1 Å². The van der Waals surface area contributed by atoms with Gasteiger partial charge in [-0.15, -0.1) is 0 Å². The maximum Gasteiger partial charge on any atom is 0.165 e. The molecule has 0 spiro atoms. The number of hydrogen-bond donors (Lipinski definition) is 0. The van der Waals surface area contributed by atoms with Crippen molar-refractivity contribution in [2.75, 3.05) is 0 Å². The minimum atomic E-state index is -0.190. The molecule has 1 aromatic carbocycles. The van der Waals surface area contributed by atoms with E-state index in [0.717, 1.165) is 8.95 Å². The summed E-state index contributed by atoms with van der Waals surface area (Å²) < 4.78 is 1.54. The summed E-state index contributed by atoms with van der Waals surface area (Å²) in [6.07, 6.45) is 0. The van der Waals surface area contributed by atoms with Gasteiger partial charge in [-0.1, -0.05) is 37.9 Å². The van der Waals surface area contributed by atoms with Gasteiger partial charge < -0.3 is 0 Å². The van der Waals surface area contributed by atoms with E-state index in [4.69, 9.17) is 0 Å². The lowest BCUT2D eigenvalue weighted by molar-refractivity contribution is 0.104. The minimum absolute atomic E-state index is 0.190. The maximum absolute atomic E-state index is 10.9. The average molecular weight is 277 g/mol. The molecule has 0 saturated heterocycles. The number of carbonyl (C=O) groups is 1. The fraction of sp³-hybridized carbons (Fsp3) is 0. The van der Waals surface area contributed by atoms with Crippen molar-refractivity contribution in [1.82, 2.24) is 0 Å². The lowest BCUT2D eigenvalue weighted by Gasteiger charge is -2.01. The highest BCUT2D eigenvalue weighted by Gasteiger charge is 2.07. The van der Waals surface area contributed by atoms with E-state index in [2.05, 4.69) is 38.8 Å². The monoisotopic (exact) mass is 275 g/mol. The zero-order valence-electron chi connectivity index (χ0n) is 5.60. The number of Topliss-reactive ketones (excluding diaryl/α,β-unsaturated/α-hetero) is 1. The Morgan fingerprint density at radius 1 is 1.27 bits per heavy atom. The molecule has 0 fully saturated rings. The Labute approximate surface area is 82.1 Å². The van der Waals surface area contributed by atoms with Gasteiger partial charge in [0.15, 0.2) is 5.78 Å². The number of halogens is 2. The Morgan fingerprint density at radius 3 is 2.00 bits per heavy atom. The zero-order valence-corrected chi connectivity index (χ0v) is 8.78. The van der Waals surface area contributed by atoms with Crippen LogP contribution in [0.2, 0.25) is 0 Å². The summed E-state index contributed by atoms with van der Waals surface area (Å²) in [7, 11) is 0. The molecule has 0 bridgehead atoms. The van der Waals surface area contributed by atoms with Crippen molar-refractivity contribution in [3.63, 3.8) is 0 Å². The molecule has 0 N–H and O–H groups in total. The molecule has 1 nitrogen and oxygen atoms in total. The van der Waals surface area contributed by atoms with Crippen molar-refractivity contribution < 1.29 is 4.79 Å². The molecule has 0 aliphatic carbocycles. The molecule has 0 atom stereocenters. The first-order valence-corrected chi connectivity index (χ1v) is 4.52. The lowest BCUT2D eigenvalue weighted by atomic mass is 10.2. The zero-order chi connectivity index (χ0) is 8.43. The quantitative estimate of drug-likeness (QED) is 0.720. The summed E-state index contributed by atoms with van der Waals surface area (Å²) in [5, 5.41) is 0. The highest BCUT2D eigenvalue weighted by molar-refractivity contribution is 9.11. The van der Waals surface area contributed by atoms with Crippen molar-refractivity contribution in [3.05, 3.63) is 39.6 Å².